The predicted octanol–water partition coefficient (Wildman–Crippen LogP) is 2.22. The number of aryl methyl sites for hydroxylation is 1. The Labute approximate surface area is 141 Å². The van der Waals surface area contributed by atoms with Crippen molar-refractivity contribution in [3.8, 4) is 5.75 Å². The first-order valence-electron chi connectivity index (χ1n) is 8.21. The van der Waals surface area contributed by atoms with Crippen molar-refractivity contribution >= 4 is 11.6 Å². The molecule has 1 amide bonds. The standard InChI is InChI=1S/C17H23N5O2/c1-11(22-16(17(2,3)4)18-19-20-22)15(24)21-10-6-8-12-7-5-9-13(23)14(12)21/h5,7,9,11,23H,6,8,10H2,1-4H3. The van der Waals surface area contributed by atoms with E-state index in [0.29, 0.717) is 18.1 Å². The van der Waals surface area contributed by atoms with E-state index in [2.05, 4.69) is 15.5 Å². The number of hydrogen-bond acceptors (Lipinski definition) is 5. The van der Waals surface area contributed by atoms with Gasteiger partial charge in [0.1, 0.15) is 11.8 Å². The zero-order valence-electron chi connectivity index (χ0n) is 14.5. The van der Waals surface area contributed by atoms with Gasteiger partial charge in [0.15, 0.2) is 5.82 Å². The fourth-order valence-corrected chi connectivity index (χ4v) is 3.13. The van der Waals surface area contributed by atoms with Crippen molar-refractivity contribution in [2.24, 2.45) is 0 Å². The van der Waals surface area contributed by atoms with Gasteiger partial charge in [0, 0.05) is 12.0 Å². The molecule has 0 saturated carbocycles. The normalized spacial score (nSPS) is 15.9. The summed E-state index contributed by atoms with van der Waals surface area (Å²) in [6.45, 7) is 8.40. The number of phenolic OH excluding ortho intramolecular Hbond substituents is 1. The molecular weight excluding hydrogens is 306 g/mol. The lowest BCUT2D eigenvalue weighted by Gasteiger charge is -2.32. The zero-order valence-corrected chi connectivity index (χ0v) is 14.5. The molecule has 0 aliphatic carbocycles. The minimum atomic E-state index is -0.542. The van der Waals surface area contributed by atoms with Gasteiger partial charge >= 0.3 is 0 Å². The first kappa shape index (κ1) is 16.4. The van der Waals surface area contributed by atoms with Crippen LogP contribution in [0.15, 0.2) is 18.2 Å². The third-order valence-corrected chi connectivity index (χ3v) is 4.35. The number of nitrogens with zero attached hydrogens (tertiary/aromatic N) is 5. The van der Waals surface area contributed by atoms with Crippen LogP contribution in [0.2, 0.25) is 0 Å². The third kappa shape index (κ3) is 2.74. The number of fused-ring (bicyclic) bond motifs is 1. The summed E-state index contributed by atoms with van der Waals surface area (Å²) in [5.41, 5.74) is 1.35. The maximum Gasteiger partial charge on any atom is 0.251 e. The van der Waals surface area contributed by atoms with Gasteiger partial charge in [-0.2, -0.15) is 0 Å². The molecule has 0 bridgehead atoms. The second kappa shape index (κ2) is 5.89. The fraction of sp³-hybridized carbons (Fsp3) is 0.529. The van der Waals surface area contributed by atoms with Crippen molar-refractivity contribution in [2.45, 2.75) is 52.0 Å². The maximum absolute atomic E-state index is 13.1. The Morgan fingerprint density at radius 2 is 2.08 bits per heavy atom. The molecule has 2 aromatic rings. The number of rotatable bonds is 2. The molecule has 0 radical (unpaired) electrons. The van der Waals surface area contributed by atoms with Gasteiger partial charge in [0.25, 0.3) is 5.91 Å². The van der Waals surface area contributed by atoms with Gasteiger partial charge in [0.05, 0.1) is 5.69 Å². The molecule has 0 spiro atoms. The predicted molar refractivity (Wildman–Crippen MR) is 90.0 cm³/mol. The minimum absolute atomic E-state index is 0.116. The van der Waals surface area contributed by atoms with Crippen molar-refractivity contribution in [3.63, 3.8) is 0 Å². The molecule has 3 rings (SSSR count). The van der Waals surface area contributed by atoms with Crippen molar-refractivity contribution in [1.29, 1.82) is 0 Å². The lowest BCUT2D eigenvalue weighted by Crippen LogP contribution is -2.41. The second-order valence-corrected chi connectivity index (χ2v) is 7.25. The molecule has 1 aromatic heterocycles. The number of carbonyl (C=O) groups excluding carboxylic acids is 1. The van der Waals surface area contributed by atoms with Crippen LogP contribution in [0.1, 0.15) is 51.5 Å². The number of carbonyl (C=O) groups is 1. The summed E-state index contributed by atoms with van der Waals surface area (Å²) in [6, 6.07) is 4.84. The van der Waals surface area contributed by atoms with Crippen LogP contribution in [0, 0.1) is 0 Å². The molecule has 7 nitrogen and oxygen atoms in total. The average Bonchev–Trinajstić information content (AvgIpc) is 3.03. The number of aromatic hydroxyl groups is 1. The van der Waals surface area contributed by atoms with Gasteiger partial charge in [-0.1, -0.05) is 32.9 Å². The number of tetrazole rings is 1. The van der Waals surface area contributed by atoms with E-state index in [0.717, 1.165) is 18.4 Å². The Bertz CT molecular complexity index is 763. The largest absolute Gasteiger partial charge is 0.506 e. The summed E-state index contributed by atoms with van der Waals surface area (Å²) in [7, 11) is 0. The lowest BCUT2D eigenvalue weighted by atomic mass is 9.95. The van der Waals surface area contributed by atoms with Crippen LogP contribution in [-0.2, 0) is 16.6 Å². The van der Waals surface area contributed by atoms with Gasteiger partial charge in [-0.25, -0.2) is 4.68 Å². The summed E-state index contributed by atoms with van der Waals surface area (Å²) in [6.07, 6.45) is 1.73. The summed E-state index contributed by atoms with van der Waals surface area (Å²) in [5, 5.41) is 22.1. The fourth-order valence-electron chi connectivity index (χ4n) is 3.13. The summed E-state index contributed by atoms with van der Waals surface area (Å²) < 4.78 is 1.58. The molecule has 128 valence electrons. The van der Waals surface area contributed by atoms with Gasteiger partial charge in [-0.15, -0.1) is 5.10 Å². The smallest absolute Gasteiger partial charge is 0.251 e. The molecule has 1 aliphatic rings. The molecule has 1 N–H and O–H groups in total. The monoisotopic (exact) mass is 329 g/mol. The first-order valence-corrected chi connectivity index (χ1v) is 8.21. The summed E-state index contributed by atoms with van der Waals surface area (Å²) in [4.78, 5) is 14.7. The maximum atomic E-state index is 13.1. The Kier molecular flexibility index (Phi) is 4.03. The Hall–Kier alpha value is -2.44. The number of phenols is 1. The first-order chi connectivity index (χ1) is 11.3. The molecule has 0 fully saturated rings. The molecule has 1 aromatic carbocycles. The van der Waals surface area contributed by atoms with Crippen molar-refractivity contribution in [3.05, 3.63) is 29.6 Å². The minimum Gasteiger partial charge on any atom is -0.506 e. The van der Waals surface area contributed by atoms with Crippen LogP contribution >= 0.6 is 0 Å². The van der Waals surface area contributed by atoms with E-state index in [9.17, 15) is 9.90 Å². The van der Waals surface area contributed by atoms with Crippen LogP contribution in [0.25, 0.3) is 0 Å². The Morgan fingerprint density at radius 1 is 1.33 bits per heavy atom. The highest BCUT2D eigenvalue weighted by Gasteiger charge is 2.33. The molecule has 2 heterocycles. The van der Waals surface area contributed by atoms with Crippen molar-refractivity contribution in [1.82, 2.24) is 20.2 Å². The number of anilines is 1. The van der Waals surface area contributed by atoms with E-state index in [4.69, 9.17) is 0 Å². The van der Waals surface area contributed by atoms with Gasteiger partial charge < -0.3 is 10.0 Å². The summed E-state index contributed by atoms with van der Waals surface area (Å²) >= 11 is 0. The van der Waals surface area contributed by atoms with Crippen molar-refractivity contribution in [2.75, 3.05) is 11.4 Å². The number of benzene rings is 1. The number of amides is 1. The van der Waals surface area contributed by atoms with Gasteiger partial charge in [-0.3, -0.25) is 4.79 Å². The molecule has 1 atom stereocenters. The molecule has 1 unspecified atom stereocenters. The van der Waals surface area contributed by atoms with Crippen LogP contribution in [-0.4, -0.2) is 37.8 Å². The molecular formula is C17H23N5O2. The van der Waals surface area contributed by atoms with E-state index in [1.54, 1.807) is 22.6 Å². The molecule has 0 saturated heterocycles. The Morgan fingerprint density at radius 3 is 2.79 bits per heavy atom. The Balaban J connectivity index is 1.96. The van der Waals surface area contributed by atoms with E-state index in [-0.39, 0.29) is 17.1 Å². The van der Waals surface area contributed by atoms with E-state index in [1.165, 1.54) is 0 Å². The third-order valence-electron chi connectivity index (χ3n) is 4.35. The quantitative estimate of drug-likeness (QED) is 0.913. The lowest BCUT2D eigenvalue weighted by molar-refractivity contribution is -0.121. The van der Waals surface area contributed by atoms with Crippen LogP contribution in [0.5, 0.6) is 5.75 Å². The number of para-hydroxylation sites is 1. The highest BCUT2D eigenvalue weighted by atomic mass is 16.3. The topological polar surface area (TPSA) is 84.1 Å². The molecule has 7 heteroatoms. The van der Waals surface area contributed by atoms with Crippen molar-refractivity contribution < 1.29 is 9.90 Å². The van der Waals surface area contributed by atoms with Gasteiger partial charge in [-0.05, 0) is 41.8 Å². The van der Waals surface area contributed by atoms with Crippen LogP contribution < -0.4 is 4.90 Å². The number of aromatic nitrogens is 4. The average molecular weight is 329 g/mol. The second-order valence-electron chi connectivity index (χ2n) is 7.25. The van der Waals surface area contributed by atoms with E-state index in [1.807, 2.05) is 32.9 Å². The van der Waals surface area contributed by atoms with Crippen LogP contribution in [0.3, 0.4) is 0 Å². The highest BCUT2D eigenvalue weighted by molar-refractivity contribution is 5.98. The van der Waals surface area contributed by atoms with Gasteiger partial charge in [0.2, 0.25) is 0 Å². The molecule has 24 heavy (non-hydrogen) atoms. The number of hydrogen-bond donors (Lipinski definition) is 1. The zero-order chi connectivity index (χ0) is 17.5. The SMILES string of the molecule is CC(C(=O)N1CCCc2cccc(O)c21)n1nnnc1C(C)(C)C. The highest BCUT2D eigenvalue weighted by Crippen LogP contribution is 2.36. The summed E-state index contributed by atoms with van der Waals surface area (Å²) in [5.74, 6) is 0.689. The van der Waals surface area contributed by atoms with E-state index >= 15 is 0 Å². The van der Waals surface area contributed by atoms with E-state index < -0.39 is 6.04 Å². The van der Waals surface area contributed by atoms with Crippen LogP contribution in [0.4, 0.5) is 5.69 Å². The molecule has 1 aliphatic heterocycles.